The van der Waals surface area contributed by atoms with E-state index in [1.165, 1.54) is 0 Å². The van der Waals surface area contributed by atoms with Gasteiger partial charge in [-0.25, -0.2) is 0 Å². The van der Waals surface area contributed by atoms with Crippen LogP contribution in [0.4, 0.5) is 0 Å². The van der Waals surface area contributed by atoms with E-state index in [-0.39, 0.29) is 24.5 Å². The minimum atomic E-state index is -0.614. The second-order valence-corrected chi connectivity index (χ2v) is 9.49. The van der Waals surface area contributed by atoms with E-state index < -0.39 is 6.04 Å². The number of aryl methyl sites for hydroxylation is 2. The Morgan fingerprint density at radius 1 is 1.09 bits per heavy atom. The van der Waals surface area contributed by atoms with Crippen molar-refractivity contribution in [1.82, 2.24) is 10.2 Å². The summed E-state index contributed by atoms with van der Waals surface area (Å²) in [5.74, 6) is 1.01. The van der Waals surface area contributed by atoms with Gasteiger partial charge in [-0.05, 0) is 74.6 Å². The van der Waals surface area contributed by atoms with E-state index in [2.05, 4.69) is 21.2 Å². The van der Waals surface area contributed by atoms with Gasteiger partial charge in [0.2, 0.25) is 5.91 Å². The topological polar surface area (TPSA) is 67.9 Å². The van der Waals surface area contributed by atoms with Gasteiger partial charge in [0.05, 0.1) is 7.11 Å². The van der Waals surface area contributed by atoms with Gasteiger partial charge in [-0.15, -0.1) is 0 Å². The van der Waals surface area contributed by atoms with Gasteiger partial charge in [0.1, 0.15) is 17.5 Å². The SMILES string of the molecule is COc1ccc(CN(C(=O)COc2cc(C)c(Br)c(C)c2)C(C)C(=O)NC2CCCC2)cc1. The van der Waals surface area contributed by atoms with Crippen LogP contribution in [0.5, 0.6) is 11.5 Å². The molecule has 0 spiro atoms. The Bertz CT molecular complexity index is 948. The summed E-state index contributed by atoms with van der Waals surface area (Å²) in [6, 6.07) is 10.9. The van der Waals surface area contributed by atoms with Crippen molar-refractivity contribution in [3.63, 3.8) is 0 Å². The number of carbonyl (C=O) groups excluding carboxylic acids is 2. The normalized spacial score (nSPS) is 14.6. The van der Waals surface area contributed by atoms with E-state index in [4.69, 9.17) is 9.47 Å². The van der Waals surface area contributed by atoms with Crippen LogP contribution in [-0.4, -0.2) is 42.5 Å². The number of hydrogen-bond acceptors (Lipinski definition) is 4. The summed E-state index contributed by atoms with van der Waals surface area (Å²) < 4.78 is 12.1. The molecule has 1 fully saturated rings. The third kappa shape index (κ3) is 6.73. The quantitative estimate of drug-likeness (QED) is 0.513. The molecule has 0 bridgehead atoms. The first-order chi connectivity index (χ1) is 15.8. The van der Waals surface area contributed by atoms with Gasteiger partial charge in [-0.1, -0.05) is 40.9 Å². The second-order valence-electron chi connectivity index (χ2n) is 8.70. The van der Waals surface area contributed by atoms with Crippen molar-refractivity contribution >= 4 is 27.7 Å². The molecule has 0 aliphatic heterocycles. The predicted molar refractivity (Wildman–Crippen MR) is 133 cm³/mol. The Balaban J connectivity index is 1.73. The highest BCUT2D eigenvalue weighted by Crippen LogP contribution is 2.26. The number of benzene rings is 2. The van der Waals surface area contributed by atoms with Crippen LogP contribution in [0.2, 0.25) is 0 Å². The molecule has 1 saturated carbocycles. The highest BCUT2D eigenvalue weighted by molar-refractivity contribution is 9.10. The lowest BCUT2D eigenvalue weighted by atomic mass is 10.1. The molecule has 2 aromatic carbocycles. The maximum atomic E-state index is 13.3. The Morgan fingerprint density at radius 2 is 1.70 bits per heavy atom. The molecular weight excluding hydrogens is 484 g/mol. The van der Waals surface area contributed by atoms with Crippen LogP contribution in [-0.2, 0) is 16.1 Å². The number of nitrogens with one attached hydrogen (secondary N) is 1. The monoisotopic (exact) mass is 516 g/mol. The molecular formula is C26H33BrN2O4. The third-order valence-electron chi connectivity index (χ3n) is 6.15. The van der Waals surface area contributed by atoms with E-state index in [1.807, 2.05) is 50.2 Å². The van der Waals surface area contributed by atoms with Crippen molar-refractivity contribution in [3.05, 3.63) is 57.6 Å². The number of halogens is 1. The molecule has 7 heteroatoms. The molecule has 2 amide bonds. The lowest BCUT2D eigenvalue weighted by molar-refractivity contribution is -0.142. The number of carbonyl (C=O) groups is 2. The molecule has 0 aromatic heterocycles. The summed E-state index contributed by atoms with van der Waals surface area (Å²) in [5.41, 5.74) is 2.99. The summed E-state index contributed by atoms with van der Waals surface area (Å²) in [4.78, 5) is 27.8. The van der Waals surface area contributed by atoms with Crippen molar-refractivity contribution in [2.45, 2.75) is 65.1 Å². The van der Waals surface area contributed by atoms with Crippen molar-refractivity contribution < 1.29 is 19.1 Å². The molecule has 1 aliphatic rings. The van der Waals surface area contributed by atoms with Crippen molar-refractivity contribution in [2.75, 3.05) is 13.7 Å². The molecule has 178 valence electrons. The van der Waals surface area contributed by atoms with E-state index in [9.17, 15) is 9.59 Å². The lowest BCUT2D eigenvalue weighted by Crippen LogP contribution is -2.50. The summed E-state index contributed by atoms with van der Waals surface area (Å²) >= 11 is 3.55. The Hall–Kier alpha value is -2.54. The standard InChI is InChI=1S/C26H33BrN2O4/c1-17-13-23(14-18(2)25(17)27)33-16-24(30)29(15-20-9-11-22(32-4)12-10-20)19(3)26(31)28-21-7-5-6-8-21/h9-14,19,21H,5-8,15-16H2,1-4H3,(H,28,31). The average Bonchev–Trinajstić information content (AvgIpc) is 3.32. The average molecular weight is 517 g/mol. The summed E-state index contributed by atoms with van der Waals surface area (Å²) in [5, 5.41) is 3.11. The maximum Gasteiger partial charge on any atom is 0.261 e. The minimum Gasteiger partial charge on any atom is -0.497 e. The number of hydrogen-bond donors (Lipinski definition) is 1. The predicted octanol–water partition coefficient (Wildman–Crippen LogP) is 4.93. The first-order valence-electron chi connectivity index (χ1n) is 11.4. The Kier molecular flexibility index (Phi) is 8.78. The summed E-state index contributed by atoms with van der Waals surface area (Å²) in [6.07, 6.45) is 4.26. The molecule has 2 aromatic rings. The lowest BCUT2D eigenvalue weighted by Gasteiger charge is -2.29. The van der Waals surface area contributed by atoms with Crippen LogP contribution < -0.4 is 14.8 Å². The van der Waals surface area contributed by atoms with Crippen molar-refractivity contribution in [2.24, 2.45) is 0 Å². The molecule has 6 nitrogen and oxygen atoms in total. The smallest absolute Gasteiger partial charge is 0.261 e. The fourth-order valence-corrected chi connectivity index (χ4v) is 4.35. The zero-order valence-electron chi connectivity index (χ0n) is 19.8. The van der Waals surface area contributed by atoms with Gasteiger partial charge in [0, 0.05) is 17.1 Å². The Labute approximate surface area is 204 Å². The molecule has 1 atom stereocenters. The number of nitrogens with zero attached hydrogens (tertiary/aromatic N) is 1. The van der Waals surface area contributed by atoms with Gasteiger partial charge in [-0.2, -0.15) is 0 Å². The first kappa shape index (κ1) is 25.1. The van der Waals surface area contributed by atoms with E-state index >= 15 is 0 Å². The molecule has 33 heavy (non-hydrogen) atoms. The first-order valence-corrected chi connectivity index (χ1v) is 12.2. The van der Waals surface area contributed by atoms with Gasteiger partial charge in [0.15, 0.2) is 6.61 Å². The molecule has 1 aliphatic carbocycles. The zero-order valence-corrected chi connectivity index (χ0v) is 21.4. The number of ether oxygens (including phenoxy) is 2. The highest BCUT2D eigenvalue weighted by Gasteiger charge is 2.28. The van der Waals surface area contributed by atoms with Gasteiger partial charge < -0.3 is 19.7 Å². The van der Waals surface area contributed by atoms with Crippen LogP contribution in [0, 0.1) is 13.8 Å². The number of amides is 2. The van der Waals surface area contributed by atoms with Crippen LogP contribution in [0.3, 0.4) is 0 Å². The van der Waals surface area contributed by atoms with Crippen LogP contribution in [0.15, 0.2) is 40.9 Å². The van der Waals surface area contributed by atoms with Gasteiger partial charge >= 0.3 is 0 Å². The molecule has 1 N–H and O–H groups in total. The zero-order chi connectivity index (χ0) is 24.0. The van der Waals surface area contributed by atoms with E-state index in [0.29, 0.717) is 12.3 Å². The summed E-state index contributed by atoms with van der Waals surface area (Å²) in [6.45, 7) is 5.91. The third-order valence-corrected chi connectivity index (χ3v) is 7.40. The fourth-order valence-electron chi connectivity index (χ4n) is 4.12. The molecule has 0 saturated heterocycles. The molecule has 0 heterocycles. The minimum absolute atomic E-state index is 0.126. The molecule has 3 rings (SSSR count). The van der Waals surface area contributed by atoms with Crippen LogP contribution >= 0.6 is 15.9 Å². The molecule has 1 unspecified atom stereocenters. The summed E-state index contributed by atoms with van der Waals surface area (Å²) in [7, 11) is 1.61. The van der Waals surface area contributed by atoms with Crippen LogP contribution in [0.25, 0.3) is 0 Å². The molecule has 0 radical (unpaired) electrons. The van der Waals surface area contributed by atoms with Gasteiger partial charge in [0.25, 0.3) is 5.91 Å². The van der Waals surface area contributed by atoms with E-state index in [1.54, 1.807) is 18.9 Å². The largest absolute Gasteiger partial charge is 0.497 e. The van der Waals surface area contributed by atoms with Crippen molar-refractivity contribution in [1.29, 1.82) is 0 Å². The van der Waals surface area contributed by atoms with Crippen LogP contribution in [0.1, 0.15) is 49.3 Å². The van der Waals surface area contributed by atoms with Gasteiger partial charge in [-0.3, -0.25) is 9.59 Å². The maximum absolute atomic E-state index is 13.3. The van der Waals surface area contributed by atoms with Crippen molar-refractivity contribution in [3.8, 4) is 11.5 Å². The number of methoxy groups -OCH3 is 1. The highest BCUT2D eigenvalue weighted by atomic mass is 79.9. The second kappa shape index (κ2) is 11.5. The Morgan fingerprint density at radius 3 is 2.27 bits per heavy atom. The fraction of sp³-hybridized carbons (Fsp3) is 0.462. The van der Waals surface area contributed by atoms with E-state index in [0.717, 1.165) is 52.6 Å². The number of rotatable bonds is 9.